The minimum atomic E-state index is -4.29. The van der Waals surface area contributed by atoms with Crippen LogP contribution in [0.25, 0.3) is 11.3 Å². The minimum Gasteiger partial charge on any atom is -0.362 e. The number of benzene rings is 2. The molecule has 23 heavy (non-hydrogen) atoms. The Morgan fingerprint density at radius 1 is 1.04 bits per heavy atom. The summed E-state index contributed by atoms with van der Waals surface area (Å²) >= 11 is 0. The average molecular weight is 332 g/mol. The van der Waals surface area contributed by atoms with E-state index in [0.29, 0.717) is 11.4 Å². The minimum absolute atomic E-state index is 0.361. The van der Waals surface area contributed by atoms with Crippen LogP contribution in [0.15, 0.2) is 60.7 Å². The lowest BCUT2D eigenvalue weighted by Gasteiger charge is -2.08. The van der Waals surface area contributed by atoms with Gasteiger partial charge in [0.2, 0.25) is 0 Å². The maximum absolute atomic E-state index is 13.6. The molecule has 0 aliphatic rings. The van der Waals surface area contributed by atoms with Gasteiger partial charge in [-0.25, -0.2) is 4.39 Å². The summed E-state index contributed by atoms with van der Waals surface area (Å²) < 4.78 is 43.8. The summed E-state index contributed by atoms with van der Waals surface area (Å²) in [6.45, 7) is 1.59. The van der Waals surface area contributed by atoms with E-state index < -0.39 is 16.1 Å². The molecule has 0 saturated carbocycles. The zero-order valence-electron chi connectivity index (χ0n) is 12.2. The fraction of sp³-hybridized carbons (Fsp3) is 0.0625. The zero-order valence-corrected chi connectivity index (χ0v) is 13.0. The third-order valence-electron chi connectivity index (χ3n) is 3.16. The maximum atomic E-state index is 13.6. The van der Waals surface area contributed by atoms with Crippen molar-refractivity contribution in [1.29, 1.82) is 0 Å². The third-order valence-corrected chi connectivity index (χ3v) is 4.34. The molecule has 0 saturated heterocycles. The Bertz CT molecular complexity index is 937. The molecule has 0 atom stereocenters. The first-order chi connectivity index (χ1) is 11.0. The Hall–Kier alpha value is -2.67. The SMILES string of the molecule is Cc1cc(-c2ccccc2)nn1S(=O)(=O)Oc1ccccc1F. The van der Waals surface area contributed by atoms with Crippen molar-refractivity contribution < 1.29 is 17.0 Å². The van der Waals surface area contributed by atoms with Gasteiger partial charge in [0.1, 0.15) is 0 Å². The monoisotopic (exact) mass is 332 g/mol. The second-order valence-electron chi connectivity index (χ2n) is 4.85. The number of para-hydroxylation sites is 1. The second-order valence-corrected chi connectivity index (χ2v) is 6.22. The Morgan fingerprint density at radius 2 is 1.70 bits per heavy atom. The summed E-state index contributed by atoms with van der Waals surface area (Å²) in [6, 6.07) is 16.1. The summed E-state index contributed by atoms with van der Waals surface area (Å²) in [6.07, 6.45) is 0. The van der Waals surface area contributed by atoms with Gasteiger partial charge in [0.25, 0.3) is 0 Å². The molecule has 0 fully saturated rings. The van der Waals surface area contributed by atoms with E-state index in [4.69, 9.17) is 4.18 Å². The highest BCUT2D eigenvalue weighted by Gasteiger charge is 2.22. The van der Waals surface area contributed by atoms with Crippen LogP contribution < -0.4 is 4.18 Å². The molecule has 3 aromatic rings. The van der Waals surface area contributed by atoms with E-state index in [1.165, 1.54) is 18.2 Å². The van der Waals surface area contributed by atoms with Crippen molar-refractivity contribution in [1.82, 2.24) is 9.19 Å². The molecular formula is C16H13FN2O3S. The lowest BCUT2D eigenvalue weighted by atomic mass is 10.1. The summed E-state index contributed by atoms with van der Waals surface area (Å²) in [7, 11) is -4.29. The van der Waals surface area contributed by atoms with E-state index in [2.05, 4.69) is 5.10 Å². The van der Waals surface area contributed by atoms with E-state index in [0.717, 1.165) is 15.7 Å². The molecule has 0 amide bonds. The first-order valence-electron chi connectivity index (χ1n) is 6.79. The van der Waals surface area contributed by atoms with Crippen LogP contribution in [0, 0.1) is 12.7 Å². The van der Waals surface area contributed by atoms with Gasteiger partial charge in [-0.05, 0) is 25.1 Å². The van der Waals surface area contributed by atoms with Crippen molar-refractivity contribution in [2.24, 2.45) is 0 Å². The number of aromatic nitrogens is 2. The summed E-state index contributed by atoms with van der Waals surface area (Å²) in [5, 5.41) is 4.06. The molecule has 0 N–H and O–H groups in total. The Kier molecular flexibility index (Phi) is 3.87. The van der Waals surface area contributed by atoms with Crippen LogP contribution in [-0.4, -0.2) is 17.6 Å². The topological polar surface area (TPSA) is 61.2 Å². The quantitative estimate of drug-likeness (QED) is 0.736. The molecule has 0 unspecified atom stereocenters. The van der Waals surface area contributed by atoms with Gasteiger partial charge in [0.05, 0.1) is 11.4 Å². The summed E-state index contributed by atoms with van der Waals surface area (Å²) in [5.74, 6) is -1.13. The van der Waals surface area contributed by atoms with Gasteiger partial charge >= 0.3 is 10.3 Å². The van der Waals surface area contributed by atoms with E-state index in [-0.39, 0.29) is 5.75 Å². The van der Waals surface area contributed by atoms with Crippen molar-refractivity contribution in [3.8, 4) is 17.0 Å². The van der Waals surface area contributed by atoms with Crippen molar-refractivity contribution in [2.75, 3.05) is 0 Å². The fourth-order valence-electron chi connectivity index (χ4n) is 2.10. The van der Waals surface area contributed by atoms with Crippen molar-refractivity contribution in [2.45, 2.75) is 6.92 Å². The first kappa shape index (κ1) is 15.2. The number of hydrogen-bond donors (Lipinski definition) is 0. The first-order valence-corrected chi connectivity index (χ1v) is 8.15. The van der Waals surface area contributed by atoms with Gasteiger partial charge in [-0.2, -0.15) is 13.5 Å². The van der Waals surface area contributed by atoms with E-state index in [1.54, 1.807) is 13.0 Å². The Morgan fingerprint density at radius 3 is 2.39 bits per heavy atom. The summed E-state index contributed by atoms with van der Waals surface area (Å²) in [5.41, 5.74) is 1.62. The number of nitrogens with zero attached hydrogens (tertiary/aromatic N) is 2. The highest BCUT2D eigenvalue weighted by molar-refractivity contribution is 7.85. The lowest BCUT2D eigenvalue weighted by Crippen LogP contribution is -2.22. The normalized spacial score (nSPS) is 11.4. The molecule has 5 nitrogen and oxygen atoms in total. The van der Waals surface area contributed by atoms with Crippen LogP contribution in [0.4, 0.5) is 4.39 Å². The maximum Gasteiger partial charge on any atom is 0.429 e. The molecule has 0 aliphatic carbocycles. The van der Waals surface area contributed by atoms with Crippen LogP contribution in [0.5, 0.6) is 5.75 Å². The molecule has 0 spiro atoms. The number of rotatable bonds is 4. The van der Waals surface area contributed by atoms with Gasteiger partial charge in [0.15, 0.2) is 11.6 Å². The number of aryl methyl sites for hydroxylation is 1. The Labute approximate surface area is 133 Å². The van der Waals surface area contributed by atoms with Gasteiger partial charge in [-0.3, -0.25) is 0 Å². The number of hydrogen-bond acceptors (Lipinski definition) is 4. The molecule has 3 rings (SSSR count). The molecule has 0 aliphatic heterocycles. The molecule has 0 radical (unpaired) electrons. The molecule has 2 aromatic carbocycles. The summed E-state index contributed by atoms with van der Waals surface area (Å²) in [4.78, 5) is 0. The number of halogens is 1. The third kappa shape index (κ3) is 3.09. The largest absolute Gasteiger partial charge is 0.429 e. The molecular weight excluding hydrogens is 319 g/mol. The highest BCUT2D eigenvalue weighted by Crippen LogP contribution is 2.22. The van der Waals surface area contributed by atoms with Crippen LogP contribution in [0.3, 0.4) is 0 Å². The van der Waals surface area contributed by atoms with Crippen LogP contribution in [-0.2, 0) is 10.3 Å². The molecule has 0 bridgehead atoms. The van der Waals surface area contributed by atoms with Crippen LogP contribution in [0.2, 0.25) is 0 Å². The van der Waals surface area contributed by atoms with Gasteiger partial charge in [-0.1, -0.05) is 42.5 Å². The van der Waals surface area contributed by atoms with Crippen LogP contribution in [0.1, 0.15) is 5.69 Å². The zero-order chi connectivity index (χ0) is 16.4. The predicted molar refractivity (Wildman–Crippen MR) is 83.7 cm³/mol. The van der Waals surface area contributed by atoms with Gasteiger partial charge < -0.3 is 4.18 Å². The van der Waals surface area contributed by atoms with Gasteiger partial charge in [0, 0.05) is 5.56 Å². The standard InChI is InChI=1S/C16H13FN2O3S/c1-12-11-15(13-7-3-2-4-8-13)18-19(12)23(20,21)22-16-10-6-5-9-14(16)17/h2-11H,1H3. The van der Waals surface area contributed by atoms with Crippen LogP contribution >= 0.6 is 0 Å². The van der Waals surface area contributed by atoms with E-state index in [1.807, 2.05) is 30.3 Å². The molecule has 118 valence electrons. The second kappa shape index (κ2) is 5.85. The highest BCUT2D eigenvalue weighted by atomic mass is 32.2. The molecule has 1 aromatic heterocycles. The fourth-order valence-corrected chi connectivity index (χ4v) is 3.12. The van der Waals surface area contributed by atoms with Crippen molar-refractivity contribution in [3.63, 3.8) is 0 Å². The molecule has 7 heteroatoms. The van der Waals surface area contributed by atoms with E-state index in [9.17, 15) is 12.8 Å². The van der Waals surface area contributed by atoms with E-state index >= 15 is 0 Å². The lowest BCUT2D eigenvalue weighted by molar-refractivity contribution is 0.447. The van der Waals surface area contributed by atoms with Crippen molar-refractivity contribution in [3.05, 3.63) is 72.2 Å². The van der Waals surface area contributed by atoms with Gasteiger partial charge in [-0.15, -0.1) is 4.09 Å². The van der Waals surface area contributed by atoms with Crippen molar-refractivity contribution >= 4 is 10.3 Å². The Balaban J connectivity index is 1.98. The molecule has 1 heterocycles. The smallest absolute Gasteiger partial charge is 0.362 e. The predicted octanol–water partition coefficient (Wildman–Crippen LogP) is 3.17. The average Bonchev–Trinajstić information content (AvgIpc) is 2.93.